The summed E-state index contributed by atoms with van der Waals surface area (Å²) in [7, 11) is 0. The number of fused-ring (bicyclic) bond motifs is 1. The van der Waals surface area contributed by atoms with Crippen molar-refractivity contribution >= 4 is 11.9 Å². The van der Waals surface area contributed by atoms with E-state index < -0.39 is 18.2 Å². The van der Waals surface area contributed by atoms with Crippen LogP contribution in [0.25, 0.3) is 0 Å². The molecule has 0 spiro atoms. The molecule has 78 valence electrons. The van der Waals surface area contributed by atoms with Crippen LogP contribution in [0, 0.1) is 0 Å². The molecule has 0 saturated carbocycles. The number of rotatable bonds is 2. The van der Waals surface area contributed by atoms with Crippen molar-refractivity contribution in [2.24, 2.45) is 0 Å². The van der Waals surface area contributed by atoms with Gasteiger partial charge in [0.2, 0.25) is 5.91 Å². The molecular formula is C8H10NNaO5. The van der Waals surface area contributed by atoms with Gasteiger partial charge in [-0.1, -0.05) is 0 Å². The van der Waals surface area contributed by atoms with Gasteiger partial charge in [0.1, 0.15) is 5.76 Å². The van der Waals surface area contributed by atoms with Crippen molar-refractivity contribution in [2.45, 2.75) is 18.7 Å². The quantitative estimate of drug-likeness (QED) is 0.368. The van der Waals surface area contributed by atoms with E-state index in [0.29, 0.717) is 0 Å². The van der Waals surface area contributed by atoms with Crippen molar-refractivity contribution < 1.29 is 55.5 Å². The zero-order chi connectivity index (χ0) is 10.3. The van der Waals surface area contributed by atoms with Crippen LogP contribution in [-0.2, 0) is 14.3 Å². The summed E-state index contributed by atoms with van der Waals surface area (Å²) in [4.78, 5) is 23.1. The van der Waals surface area contributed by atoms with E-state index in [0.717, 1.165) is 0 Å². The first kappa shape index (κ1) is 12.5. The molecule has 2 atom stereocenters. The smallest absolute Gasteiger partial charge is 1.00 e. The first-order valence-corrected chi connectivity index (χ1v) is 4.16. The van der Waals surface area contributed by atoms with Crippen LogP contribution in [0.15, 0.2) is 11.8 Å². The van der Waals surface area contributed by atoms with Gasteiger partial charge in [-0.2, -0.15) is 0 Å². The van der Waals surface area contributed by atoms with E-state index in [1.54, 1.807) is 0 Å². The molecule has 6 nitrogen and oxygen atoms in total. The molecule has 2 N–H and O–H groups in total. The van der Waals surface area contributed by atoms with Crippen molar-refractivity contribution in [1.82, 2.24) is 4.90 Å². The standard InChI is InChI=1S/C8H9NO5.Na.H/c10-2-1-4-7(8(12)13)9-5(11)3-6(9)14-4;;/h1,6-7,10H,2-3H2,(H,12,13);;/q;+1;-1/t6-,7-;;/m1../s1. The topological polar surface area (TPSA) is 87.1 Å². The van der Waals surface area contributed by atoms with Gasteiger partial charge < -0.3 is 16.4 Å². The van der Waals surface area contributed by atoms with Crippen molar-refractivity contribution in [3.63, 3.8) is 0 Å². The molecule has 15 heavy (non-hydrogen) atoms. The van der Waals surface area contributed by atoms with Crippen LogP contribution in [0.5, 0.6) is 0 Å². The van der Waals surface area contributed by atoms with Crippen LogP contribution in [0.4, 0.5) is 0 Å². The van der Waals surface area contributed by atoms with Crippen LogP contribution in [0.1, 0.15) is 7.85 Å². The second-order valence-electron chi connectivity index (χ2n) is 3.11. The molecule has 2 saturated heterocycles. The molecule has 0 unspecified atom stereocenters. The van der Waals surface area contributed by atoms with E-state index in [2.05, 4.69) is 0 Å². The Bertz CT molecular complexity index is 334. The molecular weight excluding hydrogens is 213 g/mol. The summed E-state index contributed by atoms with van der Waals surface area (Å²) in [6, 6.07) is -1.06. The number of carboxylic acid groups (broad SMARTS) is 1. The molecule has 0 aromatic rings. The Balaban J connectivity index is 0.00000112. The van der Waals surface area contributed by atoms with Crippen LogP contribution in [0.2, 0.25) is 0 Å². The van der Waals surface area contributed by atoms with Crippen molar-refractivity contribution in [2.75, 3.05) is 6.61 Å². The zero-order valence-corrected chi connectivity index (χ0v) is 10.2. The van der Waals surface area contributed by atoms with Gasteiger partial charge in [-0.15, -0.1) is 0 Å². The Morgan fingerprint density at radius 1 is 1.73 bits per heavy atom. The third-order valence-corrected chi connectivity index (χ3v) is 2.29. The third-order valence-electron chi connectivity index (χ3n) is 2.29. The van der Waals surface area contributed by atoms with E-state index >= 15 is 0 Å². The number of hydrogen-bond acceptors (Lipinski definition) is 4. The number of carbonyl (C=O) groups is 2. The molecule has 7 heteroatoms. The van der Waals surface area contributed by atoms with Crippen LogP contribution < -0.4 is 29.6 Å². The van der Waals surface area contributed by atoms with Crippen molar-refractivity contribution in [3.8, 4) is 0 Å². The summed E-state index contributed by atoms with van der Waals surface area (Å²) in [6.45, 7) is -0.298. The first-order chi connectivity index (χ1) is 6.65. The number of aliphatic hydroxyl groups excluding tert-OH is 1. The van der Waals surface area contributed by atoms with Crippen molar-refractivity contribution in [3.05, 3.63) is 11.8 Å². The zero-order valence-electron chi connectivity index (χ0n) is 9.21. The predicted octanol–water partition coefficient (Wildman–Crippen LogP) is -3.98. The Kier molecular flexibility index (Phi) is 3.77. The molecule has 0 aromatic carbocycles. The van der Waals surface area contributed by atoms with Gasteiger partial charge in [0.25, 0.3) is 0 Å². The fraction of sp³-hybridized carbons (Fsp3) is 0.500. The predicted molar refractivity (Wildman–Crippen MR) is 44.0 cm³/mol. The Labute approximate surface area is 109 Å². The number of amides is 1. The minimum atomic E-state index is -1.14. The summed E-state index contributed by atoms with van der Waals surface area (Å²) in [5.74, 6) is -1.22. The number of aliphatic hydroxyl groups is 1. The normalized spacial score (nSPS) is 30.3. The first-order valence-electron chi connectivity index (χ1n) is 4.16. The molecule has 2 rings (SSSR count). The summed E-state index contributed by atoms with van der Waals surface area (Å²) in [5, 5.41) is 17.5. The second kappa shape index (κ2) is 4.52. The van der Waals surface area contributed by atoms with Crippen LogP contribution >= 0.6 is 0 Å². The van der Waals surface area contributed by atoms with E-state index in [4.69, 9.17) is 14.9 Å². The Hall–Kier alpha value is -0.560. The summed E-state index contributed by atoms with van der Waals surface area (Å²) in [5.41, 5.74) is 0. The number of aliphatic carboxylic acids is 1. The molecule has 2 heterocycles. The average Bonchev–Trinajstić information content (AvgIpc) is 2.39. The van der Waals surface area contributed by atoms with Gasteiger partial charge in [0, 0.05) is 0 Å². The van der Waals surface area contributed by atoms with Crippen LogP contribution in [0.3, 0.4) is 0 Å². The van der Waals surface area contributed by atoms with Crippen LogP contribution in [-0.4, -0.2) is 45.9 Å². The Morgan fingerprint density at radius 2 is 2.40 bits per heavy atom. The molecule has 0 aliphatic carbocycles. The van der Waals surface area contributed by atoms with E-state index in [1.807, 2.05) is 0 Å². The SMILES string of the molecule is O=C(O)[C@H]1C(=CCO)O[C@@H]2CC(=O)N12.[H-].[Na+]. The molecule has 2 fully saturated rings. The summed E-state index contributed by atoms with van der Waals surface area (Å²) < 4.78 is 5.17. The third kappa shape index (κ3) is 1.90. The maximum Gasteiger partial charge on any atom is 1.00 e. The molecule has 0 bridgehead atoms. The molecule has 0 aromatic heterocycles. The molecule has 2 aliphatic heterocycles. The van der Waals surface area contributed by atoms with Gasteiger partial charge in [-0.3, -0.25) is 9.69 Å². The second-order valence-corrected chi connectivity index (χ2v) is 3.11. The van der Waals surface area contributed by atoms with Crippen molar-refractivity contribution in [1.29, 1.82) is 0 Å². The number of nitrogens with zero attached hydrogens (tertiary/aromatic N) is 1. The van der Waals surface area contributed by atoms with Gasteiger partial charge in [-0.05, 0) is 6.08 Å². The van der Waals surface area contributed by atoms with Gasteiger partial charge in [0.05, 0.1) is 13.0 Å². The summed E-state index contributed by atoms with van der Waals surface area (Å²) >= 11 is 0. The fourth-order valence-electron chi connectivity index (χ4n) is 1.66. The number of carboxylic acids is 1. The maximum atomic E-state index is 11.1. The molecule has 2 aliphatic rings. The van der Waals surface area contributed by atoms with Gasteiger partial charge in [0.15, 0.2) is 12.3 Å². The summed E-state index contributed by atoms with van der Waals surface area (Å²) in [6.07, 6.45) is 1.03. The van der Waals surface area contributed by atoms with E-state index in [-0.39, 0.29) is 55.7 Å². The van der Waals surface area contributed by atoms with Gasteiger partial charge >= 0.3 is 35.5 Å². The molecule has 1 amide bonds. The monoisotopic (exact) mass is 223 g/mol. The fourth-order valence-corrected chi connectivity index (χ4v) is 1.66. The van der Waals surface area contributed by atoms with E-state index in [1.165, 1.54) is 11.0 Å². The largest absolute Gasteiger partial charge is 1.00 e. The minimum Gasteiger partial charge on any atom is -1.00 e. The average molecular weight is 223 g/mol. The number of ether oxygens (including phenoxy) is 1. The maximum absolute atomic E-state index is 11.1. The Morgan fingerprint density at radius 3 is 2.87 bits per heavy atom. The number of hydrogen-bond donors (Lipinski definition) is 2. The number of β-lactam (4-membered cyclic amide) rings is 1. The minimum absolute atomic E-state index is 0. The van der Waals surface area contributed by atoms with Gasteiger partial charge in [-0.25, -0.2) is 4.79 Å². The van der Waals surface area contributed by atoms with E-state index in [9.17, 15) is 9.59 Å². The number of carbonyl (C=O) groups excluding carboxylic acids is 1. The molecule has 0 radical (unpaired) electrons.